The molecule has 0 radical (unpaired) electrons. The van der Waals surface area contributed by atoms with Gasteiger partial charge in [-0.05, 0) is 24.6 Å². The van der Waals surface area contributed by atoms with Gasteiger partial charge in [-0.1, -0.05) is 30.3 Å². The molecule has 8 nitrogen and oxygen atoms in total. The molecule has 5 aromatic rings. The molecular weight excluding hydrogens is 378 g/mol. The lowest BCUT2D eigenvalue weighted by molar-refractivity contribution is 0.395. The highest BCUT2D eigenvalue weighted by Crippen LogP contribution is 2.30. The molecule has 0 amide bonds. The predicted molar refractivity (Wildman–Crippen MR) is 113 cm³/mol. The number of rotatable bonds is 5. The Morgan fingerprint density at radius 3 is 2.50 bits per heavy atom. The van der Waals surface area contributed by atoms with Gasteiger partial charge >= 0.3 is 0 Å². The van der Waals surface area contributed by atoms with Crippen LogP contribution in [0.3, 0.4) is 0 Å². The van der Waals surface area contributed by atoms with Crippen molar-refractivity contribution in [3.63, 3.8) is 0 Å². The average molecular weight is 397 g/mol. The van der Waals surface area contributed by atoms with E-state index in [0.29, 0.717) is 11.8 Å². The second-order valence-corrected chi connectivity index (χ2v) is 6.67. The van der Waals surface area contributed by atoms with Gasteiger partial charge in [0.15, 0.2) is 5.65 Å². The number of ether oxygens (including phenoxy) is 1. The van der Waals surface area contributed by atoms with E-state index in [1.165, 1.54) is 0 Å². The van der Waals surface area contributed by atoms with Crippen LogP contribution in [0, 0.1) is 0 Å². The van der Waals surface area contributed by atoms with E-state index < -0.39 is 0 Å². The SMILES string of the molecule is CCn1cnc2c(-c3ccncc3)nc(-n3cc(-c4ccccc4)c(OC)n3)nc21. The molecule has 30 heavy (non-hydrogen) atoms. The van der Waals surface area contributed by atoms with Crippen LogP contribution in [0.15, 0.2) is 67.4 Å². The maximum Gasteiger partial charge on any atom is 0.253 e. The Kier molecular flexibility index (Phi) is 4.44. The minimum absolute atomic E-state index is 0.449. The summed E-state index contributed by atoms with van der Waals surface area (Å²) >= 11 is 0. The summed E-state index contributed by atoms with van der Waals surface area (Å²) in [5.74, 6) is 0.962. The van der Waals surface area contributed by atoms with Crippen molar-refractivity contribution in [2.45, 2.75) is 13.5 Å². The van der Waals surface area contributed by atoms with Crippen LogP contribution in [0.5, 0.6) is 5.88 Å². The Hall–Kier alpha value is -4.07. The smallest absolute Gasteiger partial charge is 0.253 e. The van der Waals surface area contributed by atoms with E-state index in [9.17, 15) is 0 Å². The lowest BCUT2D eigenvalue weighted by Gasteiger charge is -2.07. The number of hydrogen-bond donors (Lipinski definition) is 0. The highest BCUT2D eigenvalue weighted by molar-refractivity contribution is 5.87. The highest BCUT2D eigenvalue weighted by Gasteiger charge is 2.18. The fraction of sp³-hybridized carbons (Fsp3) is 0.136. The van der Waals surface area contributed by atoms with Crippen molar-refractivity contribution in [3.05, 3.63) is 67.4 Å². The molecule has 4 aromatic heterocycles. The molecule has 0 unspecified atom stereocenters. The molecule has 0 aliphatic carbocycles. The normalized spacial score (nSPS) is 11.1. The molecule has 0 saturated carbocycles. The van der Waals surface area contributed by atoms with Crippen molar-refractivity contribution < 1.29 is 4.74 Å². The molecule has 8 heteroatoms. The summed E-state index contributed by atoms with van der Waals surface area (Å²) < 4.78 is 9.16. The van der Waals surface area contributed by atoms with Gasteiger partial charge in [-0.25, -0.2) is 14.6 Å². The summed E-state index contributed by atoms with van der Waals surface area (Å²) in [6.45, 7) is 2.81. The van der Waals surface area contributed by atoms with Crippen molar-refractivity contribution in [1.29, 1.82) is 0 Å². The van der Waals surface area contributed by atoms with Crippen LogP contribution in [0.4, 0.5) is 0 Å². The zero-order valence-electron chi connectivity index (χ0n) is 16.6. The predicted octanol–water partition coefficient (Wildman–Crippen LogP) is 3.77. The van der Waals surface area contributed by atoms with E-state index in [1.807, 2.05) is 53.2 Å². The molecule has 148 valence electrons. The maximum absolute atomic E-state index is 5.52. The molecule has 0 N–H and O–H groups in total. The van der Waals surface area contributed by atoms with Gasteiger partial charge in [0.05, 0.1) is 19.0 Å². The zero-order chi connectivity index (χ0) is 20.5. The topological polar surface area (TPSA) is 83.5 Å². The van der Waals surface area contributed by atoms with E-state index in [2.05, 4.69) is 22.0 Å². The number of aryl methyl sites for hydroxylation is 1. The number of benzene rings is 1. The number of pyridine rings is 1. The van der Waals surface area contributed by atoms with E-state index in [1.54, 1.807) is 30.5 Å². The van der Waals surface area contributed by atoms with Gasteiger partial charge in [0.2, 0.25) is 5.88 Å². The molecule has 1 aromatic carbocycles. The lowest BCUT2D eigenvalue weighted by Crippen LogP contribution is -2.06. The summed E-state index contributed by atoms with van der Waals surface area (Å²) in [5.41, 5.74) is 5.04. The Labute approximate surface area is 172 Å². The van der Waals surface area contributed by atoms with Gasteiger partial charge in [-0.15, -0.1) is 5.10 Å². The Bertz CT molecular complexity index is 1310. The van der Waals surface area contributed by atoms with Crippen molar-refractivity contribution in [2.24, 2.45) is 0 Å². The minimum Gasteiger partial charge on any atom is -0.479 e. The van der Waals surface area contributed by atoms with Gasteiger partial charge in [0.25, 0.3) is 5.95 Å². The molecule has 0 atom stereocenters. The van der Waals surface area contributed by atoms with Gasteiger partial charge in [0.1, 0.15) is 11.2 Å². The lowest BCUT2D eigenvalue weighted by atomic mass is 10.1. The standard InChI is InChI=1S/C22H19N7O/c1-3-28-14-24-19-18(16-9-11-23-12-10-16)25-22(26-20(19)28)29-13-17(21(27-29)30-2)15-7-5-4-6-8-15/h4-14H,3H2,1-2H3. The quantitative estimate of drug-likeness (QED) is 0.449. The third-order valence-corrected chi connectivity index (χ3v) is 4.91. The van der Waals surface area contributed by atoms with Gasteiger partial charge in [-0.3, -0.25) is 4.98 Å². The fourth-order valence-electron chi connectivity index (χ4n) is 3.40. The first-order valence-electron chi connectivity index (χ1n) is 9.61. The Balaban J connectivity index is 1.73. The molecule has 0 spiro atoms. The molecule has 0 aliphatic heterocycles. The largest absolute Gasteiger partial charge is 0.479 e. The van der Waals surface area contributed by atoms with Crippen LogP contribution in [-0.2, 0) is 6.54 Å². The molecule has 5 rings (SSSR count). The molecular formula is C22H19N7O. The zero-order valence-corrected chi connectivity index (χ0v) is 16.6. The summed E-state index contributed by atoms with van der Waals surface area (Å²) in [5, 5.41) is 4.58. The summed E-state index contributed by atoms with van der Waals surface area (Å²) in [6.07, 6.45) is 7.15. The first kappa shape index (κ1) is 18.0. The van der Waals surface area contributed by atoms with Crippen LogP contribution in [0.1, 0.15) is 6.92 Å². The van der Waals surface area contributed by atoms with E-state index >= 15 is 0 Å². The Morgan fingerprint density at radius 2 is 1.77 bits per heavy atom. The first-order chi connectivity index (χ1) is 14.8. The van der Waals surface area contributed by atoms with Crippen molar-refractivity contribution in [3.8, 4) is 34.2 Å². The second-order valence-electron chi connectivity index (χ2n) is 6.67. The highest BCUT2D eigenvalue weighted by atomic mass is 16.5. The van der Waals surface area contributed by atoms with Crippen LogP contribution < -0.4 is 4.74 Å². The van der Waals surface area contributed by atoms with Gasteiger partial charge in [-0.2, -0.15) is 4.98 Å². The number of imidazole rings is 1. The van der Waals surface area contributed by atoms with Crippen molar-refractivity contribution in [2.75, 3.05) is 7.11 Å². The second kappa shape index (κ2) is 7.40. The van der Waals surface area contributed by atoms with Crippen LogP contribution in [0.2, 0.25) is 0 Å². The molecule has 0 saturated heterocycles. The van der Waals surface area contributed by atoms with Gasteiger partial charge < -0.3 is 9.30 Å². The maximum atomic E-state index is 5.52. The van der Waals surface area contributed by atoms with Crippen LogP contribution in [0.25, 0.3) is 39.5 Å². The molecule has 0 aliphatic rings. The van der Waals surface area contributed by atoms with E-state index in [4.69, 9.17) is 14.7 Å². The summed E-state index contributed by atoms with van der Waals surface area (Å²) in [6, 6.07) is 13.8. The number of fused-ring (bicyclic) bond motifs is 1. The fourth-order valence-corrected chi connectivity index (χ4v) is 3.40. The molecule has 0 fully saturated rings. The number of nitrogens with zero attached hydrogens (tertiary/aromatic N) is 7. The molecule has 4 heterocycles. The van der Waals surface area contributed by atoms with Crippen molar-refractivity contribution >= 4 is 11.2 Å². The third kappa shape index (κ3) is 2.98. The number of methoxy groups -OCH3 is 1. The first-order valence-corrected chi connectivity index (χ1v) is 9.61. The summed E-state index contributed by atoms with van der Waals surface area (Å²) in [7, 11) is 1.61. The molecule has 0 bridgehead atoms. The monoisotopic (exact) mass is 397 g/mol. The Morgan fingerprint density at radius 1 is 0.967 bits per heavy atom. The van der Waals surface area contributed by atoms with Gasteiger partial charge in [0, 0.05) is 30.7 Å². The third-order valence-electron chi connectivity index (χ3n) is 4.91. The van der Waals surface area contributed by atoms with Crippen molar-refractivity contribution in [1.82, 2.24) is 34.3 Å². The van der Waals surface area contributed by atoms with Crippen LogP contribution in [-0.4, -0.2) is 41.4 Å². The number of aromatic nitrogens is 7. The van der Waals surface area contributed by atoms with Crippen LogP contribution >= 0.6 is 0 Å². The minimum atomic E-state index is 0.449. The van der Waals surface area contributed by atoms with E-state index in [0.717, 1.165) is 40.1 Å². The summed E-state index contributed by atoms with van der Waals surface area (Å²) in [4.78, 5) is 18.2. The van der Waals surface area contributed by atoms with E-state index in [-0.39, 0.29) is 0 Å². The number of hydrogen-bond acceptors (Lipinski definition) is 6. The average Bonchev–Trinajstić information content (AvgIpc) is 3.43.